The van der Waals surface area contributed by atoms with E-state index in [1.54, 1.807) is 36.4 Å². The van der Waals surface area contributed by atoms with Crippen molar-refractivity contribution >= 4 is 23.5 Å². The Hall–Kier alpha value is -2.33. The molecule has 5 heteroatoms. The zero-order valence-electron chi connectivity index (χ0n) is 12.1. The number of methoxy groups -OCH3 is 1. The molecule has 0 spiro atoms. The lowest BCUT2D eigenvalue weighted by molar-refractivity contribution is -0.142. The number of esters is 1. The Kier molecular flexibility index (Phi) is 5.55. The number of amides is 1. The third-order valence-corrected chi connectivity index (χ3v) is 3.43. The number of benzene rings is 2. The van der Waals surface area contributed by atoms with Crippen molar-refractivity contribution in [2.75, 3.05) is 7.11 Å². The highest BCUT2D eigenvalue weighted by Gasteiger charge is 2.22. The van der Waals surface area contributed by atoms with Crippen LogP contribution in [-0.2, 0) is 16.0 Å². The molecule has 0 heterocycles. The van der Waals surface area contributed by atoms with Gasteiger partial charge in [0.15, 0.2) is 0 Å². The fraction of sp³-hybridized carbons (Fsp3) is 0.176. The van der Waals surface area contributed by atoms with Gasteiger partial charge in [0.1, 0.15) is 6.04 Å². The van der Waals surface area contributed by atoms with Crippen molar-refractivity contribution in [1.29, 1.82) is 0 Å². The number of nitrogens with one attached hydrogen (secondary N) is 1. The van der Waals surface area contributed by atoms with Crippen LogP contribution in [0.25, 0.3) is 0 Å². The van der Waals surface area contributed by atoms with Gasteiger partial charge in [-0.1, -0.05) is 41.9 Å². The molecule has 0 aliphatic heterocycles. The van der Waals surface area contributed by atoms with Gasteiger partial charge in [-0.05, 0) is 29.8 Å². The van der Waals surface area contributed by atoms with Crippen LogP contribution >= 0.6 is 11.6 Å². The summed E-state index contributed by atoms with van der Waals surface area (Å²) in [5.74, 6) is -0.802. The predicted molar refractivity (Wildman–Crippen MR) is 84.9 cm³/mol. The maximum Gasteiger partial charge on any atom is 0.328 e. The molecule has 0 saturated carbocycles. The summed E-state index contributed by atoms with van der Waals surface area (Å²) in [7, 11) is 1.30. The van der Waals surface area contributed by atoms with E-state index < -0.39 is 12.0 Å². The molecule has 22 heavy (non-hydrogen) atoms. The maximum atomic E-state index is 12.2. The molecular formula is C17H16ClNO3. The molecule has 0 bridgehead atoms. The van der Waals surface area contributed by atoms with Gasteiger partial charge < -0.3 is 10.1 Å². The normalized spacial score (nSPS) is 11.5. The van der Waals surface area contributed by atoms with Gasteiger partial charge in [0.05, 0.1) is 7.11 Å². The fourth-order valence-corrected chi connectivity index (χ4v) is 2.15. The van der Waals surface area contributed by atoms with Crippen LogP contribution < -0.4 is 5.32 Å². The number of hydrogen-bond donors (Lipinski definition) is 1. The minimum Gasteiger partial charge on any atom is -0.467 e. The molecule has 1 unspecified atom stereocenters. The van der Waals surface area contributed by atoms with Crippen LogP contribution in [0.1, 0.15) is 15.9 Å². The Morgan fingerprint density at radius 1 is 1.09 bits per heavy atom. The first-order chi connectivity index (χ1) is 10.6. The zero-order valence-corrected chi connectivity index (χ0v) is 12.8. The van der Waals surface area contributed by atoms with Gasteiger partial charge in [0.25, 0.3) is 5.91 Å². The summed E-state index contributed by atoms with van der Waals surface area (Å²) in [4.78, 5) is 24.1. The Balaban J connectivity index is 2.11. The van der Waals surface area contributed by atoms with E-state index in [1.807, 2.05) is 18.2 Å². The Morgan fingerprint density at radius 3 is 2.32 bits per heavy atom. The largest absolute Gasteiger partial charge is 0.467 e. The Labute approximate surface area is 134 Å². The average molecular weight is 318 g/mol. The van der Waals surface area contributed by atoms with Crippen LogP contribution in [0.5, 0.6) is 0 Å². The molecular weight excluding hydrogens is 302 g/mol. The minimum absolute atomic E-state index is 0.315. The average Bonchev–Trinajstić information content (AvgIpc) is 2.56. The smallest absolute Gasteiger partial charge is 0.328 e. The van der Waals surface area contributed by atoms with E-state index in [-0.39, 0.29) is 5.91 Å². The number of ether oxygens (including phenoxy) is 1. The van der Waals surface area contributed by atoms with E-state index in [0.717, 1.165) is 5.56 Å². The molecule has 0 fully saturated rings. The van der Waals surface area contributed by atoms with Crippen LogP contribution in [0.15, 0.2) is 54.6 Å². The SMILES string of the molecule is COC(=O)C(Cc1ccc(Cl)cc1)NC(=O)c1ccccc1. The summed E-state index contributed by atoms with van der Waals surface area (Å²) >= 11 is 5.84. The molecule has 1 N–H and O–H groups in total. The molecule has 2 rings (SSSR count). The number of hydrogen-bond acceptors (Lipinski definition) is 3. The highest BCUT2D eigenvalue weighted by Crippen LogP contribution is 2.12. The predicted octanol–water partition coefficient (Wildman–Crippen LogP) is 2.85. The molecule has 2 aromatic carbocycles. The van der Waals surface area contributed by atoms with E-state index in [2.05, 4.69) is 5.32 Å². The standard InChI is InChI=1S/C17H16ClNO3/c1-22-17(21)15(11-12-7-9-14(18)10-8-12)19-16(20)13-5-3-2-4-6-13/h2-10,15H,11H2,1H3,(H,19,20). The molecule has 0 saturated heterocycles. The lowest BCUT2D eigenvalue weighted by Crippen LogP contribution is -2.43. The molecule has 114 valence electrons. The minimum atomic E-state index is -0.751. The molecule has 0 aliphatic rings. The van der Waals surface area contributed by atoms with Crippen LogP contribution in [-0.4, -0.2) is 25.0 Å². The first-order valence-corrected chi connectivity index (χ1v) is 7.16. The van der Waals surface area contributed by atoms with Gasteiger partial charge in [-0.3, -0.25) is 4.79 Å². The lowest BCUT2D eigenvalue weighted by atomic mass is 10.1. The van der Waals surface area contributed by atoms with E-state index >= 15 is 0 Å². The van der Waals surface area contributed by atoms with E-state index in [1.165, 1.54) is 7.11 Å². The number of carbonyl (C=O) groups is 2. The van der Waals surface area contributed by atoms with Crippen molar-refractivity contribution in [3.63, 3.8) is 0 Å². The topological polar surface area (TPSA) is 55.4 Å². The van der Waals surface area contributed by atoms with Crippen molar-refractivity contribution in [1.82, 2.24) is 5.32 Å². The van der Waals surface area contributed by atoms with E-state index in [0.29, 0.717) is 17.0 Å². The first-order valence-electron chi connectivity index (χ1n) is 6.78. The maximum absolute atomic E-state index is 12.2. The van der Waals surface area contributed by atoms with Crippen LogP contribution in [0.2, 0.25) is 5.02 Å². The van der Waals surface area contributed by atoms with Crippen LogP contribution in [0.3, 0.4) is 0 Å². The van der Waals surface area contributed by atoms with Gasteiger partial charge in [0, 0.05) is 17.0 Å². The summed E-state index contributed by atoms with van der Waals surface area (Å²) in [6, 6.07) is 15.1. The summed E-state index contributed by atoms with van der Waals surface area (Å²) in [6.07, 6.45) is 0.336. The van der Waals surface area contributed by atoms with Crippen molar-refractivity contribution in [2.24, 2.45) is 0 Å². The van der Waals surface area contributed by atoms with Crippen molar-refractivity contribution in [3.05, 3.63) is 70.7 Å². The van der Waals surface area contributed by atoms with Gasteiger partial charge in [-0.15, -0.1) is 0 Å². The van der Waals surface area contributed by atoms with Crippen molar-refractivity contribution < 1.29 is 14.3 Å². The third-order valence-electron chi connectivity index (χ3n) is 3.18. The number of carbonyl (C=O) groups excluding carboxylic acids is 2. The summed E-state index contributed by atoms with van der Waals surface area (Å²) in [5, 5.41) is 3.32. The fourth-order valence-electron chi connectivity index (χ4n) is 2.02. The molecule has 1 atom stereocenters. The Morgan fingerprint density at radius 2 is 1.73 bits per heavy atom. The summed E-state index contributed by atoms with van der Waals surface area (Å²) in [5.41, 5.74) is 1.38. The Bertz CT molecular complexity index is 641. The first kappa shape index (κ1) is 16.0. The van der Waals surface area contributed by atoms with Gasteiger partial charge >= 0.3 is 5.97 Å². The molecule has 0 radical (unpaired) electrons. The van der Waals surface area contributed by atoms with Crippen molar-refractivity contribution in [2.45, 2.75) is 12.5 Å². The number of halogens is 1. The van der Waals surface area contributed by atoms with Gasteiger partial charge in [0.2, 0.25) is 0 Å². The molecule has 0 aliphatic carbocycles. The number of rotatable bonds is 5. The third kappa shape index (κ3) is 4.33. The molecule has 1 amide bonds. The monoisotopic (exact) mass is 317 g/mol. The summed E-state index contributed by atoms with van der Waals surface area (Å²) < 4.78 is 4.77. The highest BCUT2D eigenvalue weighted by atomic mass is 35.5. The molecule has 4 nitrogen and oxygen atoms in total. The van der Waals surface area contributed by atoms with Gasteiger partial charge in [-0.25, -0.2) is 4.79 Å². The van der Waals surface area contributed by atoms with E-state index in [4.69, 9.17) is 16.3 Å². The zero-order chi connectivity index (χ0) is 15.9. The molecule has 2 aromatic rings. The highest BCUT2D eigenvalue weighted by molar-refractivity contribution is 6.30. The summed E-state index contributed by atoms with van der Waals surface area (Å²) in [6.45, 7) is 0. The lowest BCUT2D eigenvalue weighted by Gasteiger charge is -2.16. The van der Waals surface area contributed by atoms with Crippen LogP contribution in [0, 0.1) is 0 Å². The second kappa shape index (κ2) is 7.61. The van der Waals surface area contributed by atoms with Crippen molar-refractivity contribution in [3.8, 4) is 0 Å². The molecule has 0 aromatic heterocycles. The van der Waals surface area contributed by atoms with Gasteiger partial charge in [-0.2, -0.15) is 0 Å². The second-order valence-electron chi connectivity index (χ2n) is 4.75. The van der Waals surface area contributed by atoms with Crippen LogP contribution in [0.4, 0.5) is 0 Å². The quantitative estimate of drug-likeness (QED) is 0.863. The van der Waals surface area contributed by atoms with E-state index in [9.17, 15) is 9.59 Å². The second-order valence-corrected chi connectivity index (χ2v) is 5.18.